The summed E-state index contributed by atoms with van der Waals surface area (Å²) in [5.74, 6) is -0.310. The minimum atomic E-state index is -0.422. The number of halogens is 1. The summed E-state index contributed by atoms with van der Waals surface area (Å²) in [6, 6.07) is 7.71. The lowest BCUT2D eigenvalue weighted by Crippen LogP contribution is -2.09. The number of epoxide rings is 1. The van der Waals surface area contributed by atoms with Gasteiger partial charge in [-0.1, -0.05) is 28.1 Å². The van der Waals surface area contributed by atoms with E-state index in [4.69, 9.17) is 4.74 Å². The molecule has 14 heavy (non-hydrogen) atoms. The molecule has 4 heteroatoms. The third-order valence-corrected chi connectivity index (χ3v) is 2.60. The molecule has 0 unspecified atom stereocenters. The summed E-state index contributed by atoms with van der Waals surface area (Å²) in [6.45, 7) is 0. The summed E-state index contributed by atoms with van der Waals surface area (Å²) in [6.07, 6.45) is -0.561. The van der Waals surface area contributed by atoms with E-state index in [1.807, 2.05) is 24.3 Å². The van der Waals surface area contributed by atoms with Crippen molar-refractivity contribution in [3.05, 3.63) is 34.3 Å². The molecule has 3 nitrogen and oxygen atoms in total. The summed E-state index contributed by atoms with van der Waals surface area (Å²) < 4.78 is 10.8. The van der Waals surface area contributed by atoms with Gasteiger partial charge in [-0.2, -0.15) is 0 Å². The van der Waals surface area contributed by atoms with Gasteiger partial charge in [0, 0.05) is 4.47 Å². The van der Waals surface area contributed by atoms with E-state index in [2.05, 4.69) is 20.7 Å². The smallest absolute Gasteiger partial charge is 0.338 e. The van der Waals surface area contributed by atoms with Gasteiger partial charge in [0.1, 0.15) is 6.10 Å². The lowest BCUT2D eigenvalue weighted by Gasteiger charge is -1.96. The van der Waals surface area contributed by atoms with E-state index in [1.54, 1.807) is 0 Å². The Labute approximate surface area is 90.1 Å². The molecule has 74 valence electrons. The molecule has 1 aromatic rings. The predicted molar refractivity (Wildman–Crippen MR) is 53.8 cm³/mol. The topological polar surface area (TPSA) is 38.8 Å². The molecule has 1 saturated heterocycles. The average Bonchev–Trinajstić information content (AvgIpc) is 2.96. The molecule has 0 radical (unpaired) electrons. The Morgan fingerprint density at radius 1 is 1.57 bits per heavy atom. The first-order valence-electron chi connectivity index (χ1n) is 4.21. The fourth-order valence-electron chi connectivity index (χ4n) is 1.34. The third kappa shape index (κ3) is 1.81. The Morgan fingerprint density at radius 3 is 3.00 bits per heavy atom. The Balaban J connectivity index is 2.09. The molecule has 0 saturated carbocycles. The van der Waals surface area contributed by atoms with Crippen molar-refractivity contribution in [3.63, 3.8) is 0 Å². The third-order valence-electron chi connectivity index (χ3n) is 2.10. The minimum absolute atomic E-state index is 0.139. The molecule has 1 fully saturated rings. The summed E-state index contributed by atoms with van der Waals surface area (Å²) >= 11 is 3.36. The Hall–Kier alpha value is -0.870. The Bertz CT molecular complexity index is 364. The van der Waals surface area contributed by atoms with E-state index in [0.29, 0.717) is 0 Å². The predicted octanol–water partition coefficient (Wildman–Crippen LogP) is 2.06. The van der Waals surface area contributed by atoms with Crippen molar-refractivity contribution in [1.29, 1.82) is 0 Å². The number of carbonyl (C=O) groups excluding carboxylic acids is 1. The SMILES string of the molecule is COC(=O)[C@H]1O[C@H]1c1cccc(Br)c1. The molecule has 1 aliphatic rings. The number of benzene rings is 1. The molecule has 0 aliphatic carbocycles. The van der Waals surface area contributed by atoms with Crippen molar-refractivity contribution in [1.82, 2.24) is 0 Å². The van der Waals surface area contributed by atoms with Gasteiger partial charge in [-0.15, -0.1) is 0 Å². The lowest BCUT2D eigenvalue weighted by molar-refractivity contribution is -0.142. The fourth-order valence-corrected chi connectivity index (χ4v) is 1.76. The maximum atomic E-state index is 11.1. The van der Waals surface area contributed by atoms with Crippen molar-refractivity contribution in [2.75, 3.05) is 7.11 Å². The average molecular weight is 257 g/mol. The molecular formula is C10H9BrO3. The first-order valence-corrected chi connectivity index (χ1v) is 5.00. The van der Waals surface area contributed by atoms with E-state index in [0.717, 1.165) is 10.0 Å². The zero-order chi connectivity index (χ0) is 10.1. The van der Waals surface area contributed by atoms with Gasteiger partial charge in [0.15, 0.2) is 6.10 Å². The first-order chi connectivity index (χ1) is 6.72. The second-order valence-corrected chi connectivity index (χ2v) is 3.97. The van der Waals surface area contributed by atoms with Crippen LogP contribution in [0.5, 0.6) is 0 Å². The number of ether oxygens (including phenoxy) is 2. The number of methoxy groups -OCH3 is 1. The zero-order valence-corrected chi connectivity index (χ0v) is 9.15. The van der Waals surface area contributed by atoms with Crippen molar-refractivity contribution < 1.29 is 14.3 Å². The van der Waals surface area contributed by atoms with E-state index in [9.17, 15) is 4.79 Å². The van der Waals surface area contributed by atoms with Crippen LogP contribution in [0.15, 0.2) is 28.7 Å². The van der Waals surface area contributed by atoms with Gasteiger partial charge in [0.25, 0.3) is 0 Å². The van der Waals surface area contributed by atoms with Crippen LogP contribution in [0.3, 0.4) is 0 Å². The summed E-state index contributed by atoms with van der Waals surface area (Å²) in [5, 5.41) is 0. The number of hydrogen-bond donors (Lipinski definition) is 0. The number of hydrogen-bond acceptors (Lipinski definition) is 3. The largest absolute Gasteiger partial charge is 0.467 e. The normalized spacial score (nSPS) is 24.4. The molecule has 0 aromatic heterocycles. The zero-order valence-electron chi connectivity index (χ0n) is 7.57. The van der Waals surface area contributed by atoms with Crippen molar-refractivity contribution in [2.24, 2.45) is 0 Å². The van der Waals surface area contributed by atoms with Crippen LogP contribution in [0.2, 0.25) is 0 Å². The molecule has 1 aromatic carbocycles. The second kappa shape index (κ2) is 3.71. The molecule has 2 rings (SSSR count). The second-order valence-electron chi connectivity index (χ2n) is 3.06. The highest BCUT2D eigenvalue weighted by Gasteiger charge is 2.47. The summed E-state index contributed by atoms with van der Waals surface area (Å²) in [7, 11) is 1.36. The van der Waals surface area contributed by atoms with Crippen molar-refractivity contribution in [3.8, 4) is 0 Å². The van der Waals surface area contributed by atoms with Gasteiger partial charge in [-0.05, 0) is 17.7 Å². The highest BCUT2D eigenvalue weighted by Crippen LogP contribution is 2.39. The van der Waals surface area contributed by atoms with E-state index in [-0.39, 0.29) is 12.1 Å². The number of rotatable bonds is 2. The van der Waals surface area contributed by atoms with Crippen LogP contribution in [0.25, 0.3) is 0 Å². The van der Waals surface area contributed by atoms with Crippen LogP contribution < -0.4 is 0 Å². The Morgan fingerprint density at radius 2 is 2.36 bits per heavy atom. The molecular weight excluding hydrogens is 248 g/mol. The van der Waals surface area contributed by atoms with E-state index >= 15 is 0 Å². The molecule has 0 amide bonds. The summed E-state index contributed by atoms with van der Waals surface area (Å²) in [5.41, 5.74) is 0.995. The lowest BCUT2D eigenvalue weighted by atomic mass is 10.1. The molecule has 1 aliphatic heterocycles. The van der Waals surface area contributed by atoms with Gasteiger partial charge in [0.2, 0.25) is 0 Å². The van der Waals surface area contributed by atoms with Crippen LogP contribution in [-0.2, 0) is 14.3 Å². The van der Waals surface area contributed by atoms with Gasteiger partial charge >= 0.3 is 5.97 Å². The molecule has 0 N–H and O–H groups in total. The monoisotopic (exact) mass is 256 g/mol. The quantitative estimate of drug-likeness (QED) is 0.601. The first kappa shape index (κ1) is 9.68. The fraction of sp³-hybridized carbons (Fsp3) is 0.300. The molecule has 0 spiro atoms. The number of carbonyl (C=O) groups is 1. The minimum Gasteiger partial charge on any atom is -0.467 e. The van der Waals surface area contributed by atoms with Gasteiger partial charge in [-0.25, -0.2) is 4.79 Å². The van der Waals surface area contributed by atoms with E-state index in [1.165, 1.54) is 7.11 Å². The Kier molecular flexibility index (Phi) is 2.56. The van der Waals surface area contributed by atoms with Gasteiger partial charge in [0.05, 0.1) is 7.11 Å². The van der Waals surface area contributed by atoms with Crippen LogP contribution in [-0.4, -0.2) is 19.2 Å². The van der Waals surface area contributed by atoms with Crippen molar-refractivity contribution >= 4 is 21.9 Å². The van der Waals surface area contributed by atoms with E-state index < -0.39 is 6.10 Å². The van der Waals surface area contributed by atoms with Crippen molar-refractivity contribution in [2.45, 2.75) is 12.2 Å². The molecule has 0 bridgehead atoms. The standard InChI is InChI=1S/C10H9BrO3/c1-13-10(12)9-8(14-9)6-3-2-4-7(11)5-6/h2-5,8-9H,1H3/t8-,9-/m0/s1. The van der Waals surface area contributed by atoms with Crippen LogP contribution in [0.1, 0.15) is 11.7 Å². The highest BCUT2D eigenvalue weighted by molar-refractivity contribution is 9.10. The van der Waals surface area contributed by atoms with Crippen LogP contribution >= 0.6 is 15.9 Å². The van der Waals surface area contributed by atoms with Crippen LogP contribution in [0.4, 0.5) is 0 Å². The maximum Gasteiger partial charge on any atom is 0.338 e. The summed E-state index contributed by atoms with van der Waals surface area (Å²) in [4.78, 5) is 11.1. The molecule has 1 heterocycles. The maximum absolute atomic E-state index is 11.1. The number of esters is 1. The highest BCUT2D eigenvalue weighted by atomic mass is 79.9. The van der Waals surface area contributed by atoms with Crippen LogP contribution in [0, 0.1) is 0 Å². The molecule has 2 atom stereocenters. The van der Waals surface area contributed by atoms with Gasteiger partial charge < -0.3 is 9.47 Å². The van der Waals surface area contributed by atoms with Gasteiger partial charge in [-0.3, -0.25) is 0 Å².